The second kappa shape index (κ2) is 4.32. The lowest BCUT2D eigenvalue weighted by molar-refractivity contribution is 0.403. The first kappa shape index (κ1) is 10.4. The van der Waals surface area contributed by atoms with Gasteiger partial charge in [-0.1, -0.05) is 17.7 Å². The van der Waals surface area contributed by atoms with Crippen LogP contribution in [0.1, 0.15) is 34.1 Å². The van der Waals surface area contributed by atoms with Gasteiger partial charge >= 0.3 is 0 Å². The van der Waals surface area contributed by atoms with E-state index < -0.39 is 6.17 Å². The number of hydrogen-bond acceptors (Lipinski definition) is 0. The maximum atomic E-state index is 12.9. The Morgan fingerprint density at radius 3 is 1.91 bits per heavy atom. The molecule has 0 rings (SSSR count). The van der Waals surface area contributed by atoms with Gasteiger partial charge in [0.1, 0.15) is 6.17 Å². The Kier molecular flexibility index (Phi) is 4.09. The first-order valence-corrected chi connectivity index (χ1v) is 3.89. The third-order valence-corrected chi connectivity index (χ3v) is 1.61. The van der Waals surface area contributed by atoms with Crippen molar-refractivity contribution >= 4 is 0 Å². The van der Waals surface area contributed by atoms with Crippen molar-refractivity contribution in [3.8, 4) is 0 Å². The molecule has 0 radical (unpaired) electrons. The monoisotopic (exact) mass is 156 g/mol. The summed E-state index contributed by atoms with van der Waals surface area (Å²) in [6.45, 7) is 11.1. The highest BCUT2D eigenvalue weighted by molar-refractivity contribution is 5.19. The van der Waals surface area contributed by atoms with Gasteiger partial charge in [0.2, 0.25) is 0 Å². The molecular formula is C10H17F. The van der Waals surface area contributed by atoms with Gasteiger partial charge in [0.05, 0.1) is 0 Å². The van der Waals surface area contributed by atoms with Crippen LogP contribution in [0.15, 0.2) is 23.3 Å². The molecule has 0 bridgehead atoms. The number of allylic oxidation sites excluding steroid dienone is 3. The van der Waals surface area contributed by atoms with Gasteiger partial charge < -0.3 is 0 Å². The Morgan fingerprint density at radius 1 is 1.36 bits per heavy atom. The second-order valence-electron chi connectivity index (χ2n) is 3.28. The van der Waals surface area contributed by atoms with Gasteiger partial charge in [-0.3, -0.25) is 0 Å². The highest BCUT2D eigenvalue weighted by Crippen LogP contribution is 2.19. The quantitative estimate of drug-likeness (QED) is 0.547. The summed E-state index contributed by atoms with van der Waals surface area (Å²) in [6, 6.07) is 0. The summed E-state index contributed by atoms with van der Waals surface area (Å²) >= 11 is 0. The van der Waals surface area contributed by atoms with Gasteiger partial charge in [-0.05, 0) is 39.7 Å². The van der Waals surface area contributed by atoms with Crippen LogP contribution >= 0.6 is 0 Å². The zero-order valence-electron chi connectivity index (χ0n) is 7.87. The van der Waals surface area contributed by atoms with E-state index >= 15 is 0 Å². The van der Waals surface area contributed by atoms with Gasteiger partial charge in [0.15, 0.2) is 0 Å². The van der Waals surface area contributed by atoms with E-state index in [0.29, 0.717) is 6.42 Å². The summed E-state index contributed by atoms with van der Waals surface area (Å²) in [5.74, 6) is 0. The van der Waals surface area contributed by atoms with Crippen LogP contribution in [0, 0.1) is 0 Å². The van der Waals surface area contributed by atoms with Crippen LogP contribution < -0.4 is 0 Å². The number of alkyl halides is 1. The molecule has 1 atom stereocenters. The summed E-state index contributed by atoms with van der Waals surface area (Å²) < 4.78 is 12.9. The smallest absolute Gasteiger partial charge is 0.119 e. The minimum absolute atomic E-state index is 0.694. The van der Waals surface area contributed by atoms with Crippen LogP contribution in [0.2, 0.25) is 0 Å². The van der Waals surface area contributed by atoms with E-state index in [1.165, 1.54) is 0 Å². The maximum Gasteiger partial charge on any atom is 0.119 e. The molecule has 0 aromatic rings. The normalized spacial score (nSPS) is 12.5. The fourth-order valence-corrected chi connectivity index (χ4v) is 1.04. The van der Waals surface area contributed by atoms with Crippen molar-refractivity contribution in [2.75, 3.05) is 0 Å². The molecule has 0 aliphatic rings. The van der Waals surface area contributed by atoms with E-state index in [0.717, 1.165) is 16.7 Å². The molecule has 0 heterocycles. The average Bonchev–Trinajstić information content (AvgIpc) is 1.81. The van der Waals surface area contributed by atoms with Crippen molar-refractivity contribution in [1.29, 1.82) is 0 Å². The first-order valence-electron chi connectivity index (χ1n) is 3.89. The lowest BCUT2D eigenvalue weighted by atomic mass is 10.00. The fourth-order valence-electron chi connectivity index (χ4n) is 1.04. The largest absolute Gasteiger partial charge is 0.243 e. The van der Waals surface area contributed by atoms with E-state index in [4.69, 9.17) is 0 Å². The molecule has 0 saturated carbocycles. The van der Waals surface area contributed by atoms with Crippen molar-refractivity contribution in [2.24, 2.45) is 0 Å². The molecule has 1 heteroatoms. The summed E-state index contributed by atoms with van der Waals surface area (Å²) in [7, 11) is 0. The molecule has 0 spiro atoms. The van der Waals surface area contributed by atoms with Gasteiger partial charge in [-0.25, -0.2) is 4.39 Å². The summed E-state index contributed by atoms with van der Waals surface area (Å²) in [5, 5.41) is 0. The van der Waals surface area contributed by atoms with Gasteiger partial charge in [-0.2, -0.15) is 0 Å². The molecule has 0 aromatic heterocycles. The van der Waals surface area contributed by atoms with E-state index in [1.807, 2.05) is 20.8 Å². The van der Waals surface area contributed by atoms with Gasteiger partial charge in [0.25, 0.3) is 0 Å². The summed E-state index contributed by atoms with van der Waals surface area (Å²) in [5.41, 5.74) is 2.96. The van der Waals surface area contributed by atoms with Gasteiger partial charge in [-0.15, -0.1) is 0 Å². The van der Waals surface area contributed by atoms with Crippen LogP contribution in [-0.2, 0) is 0 Å². The van der Waals surface area contributed by atoms with Crippen LogP contribution in [0.25, 0.3) is 0 Å². The lowest BCUT2D eigenvalue weighted by Crippen LogP contribution is -2.01. The van der Waals surface area contributed by atoms with Crippen molar-refractivity contribution in [2.45, 2.75) is 40.3 Å². The first-order chi connectivity index (χ1) is 4.95. The molecule has 0 fully saturated rings. The molecule has 0 saturated heterocycles. The fraction of sp³-hybridized carbons (Fsp3) is 0.600. The Labute approximate surface area is 68.8 Å². The number of rotatable bonds is 3. The van der Waals surface area contributed by atoms with Crippen LogP contribution in [0.5, 0.6) is 0 Å². The SMILES string of the molecule is C=C(C)CC(=C(C)C)C(C)F. The standard InChI is InChI=1S/C10H17F/c1-7(2)6-10(8(3)4)9(5)11/h9H,1,6H2,2-5H3. The molecule has 1 unspecified atom stereocenters. The molecule has 0 aliphatic heterocycles. The van der Waals surface area contributed by atoms with E-state index in [2.05, 4.69) is 6.58 Å². The Hall–Kier alpha value is -0.590. The minimum atomic E-state index is -0.836. The zero-order valence-corrected chi connectivity index (χ0v) is 7.87. The third-order valence-electron chi connectivity index (χ3n) is 1.61. The minimum Gasteiger partial charge on any atom is -0.243 e. The molecule has 0 aromatic carbocycles. The topological polar surface area (TPSA) is 0 Å². The number of halogens is 1. The number of hydrogen-bond donors (Lipinski definition) is 0. The molecule has 0 nitrogen and oxygen atoms in total. The molecular weight excluding hydrogens is 139 g/mol. The predicted molar refractivity (Wildman–Crippen MR) is 48.4 cm³/mol. The summed E-state index contributed by atoms with van der Waals surface area (Å²) in [6.07, 6.45) is -0.142. The van der Waals surface area contributed by atoms with Crippen molar-refractivity contribution in [3.05, 3.63) is 23.3 Å². The van der Waals surface area contributed by atoms with Gasteiger partial charge in [0, 0.05) is 0 Å². The van der Waals surface area contributed by atoms with E-state index in [1.54, 1.807) is 6.92 Å². The Balaban J connectivity index is 4.38. The third kappa shape index (κ3) is 3.97. The Morgan fingerprint density at radius 2 is 1.82 bits per heavy atom. The van der Waals surface area contributed by atoms with Crippen LogP contribution in [0.3, 0.4) is 0 Å². The second-order valence-corrected chi connectivity index (χ2v) is 3.28. The van der Waals surface area contributed by atoms with Crippen molar-refractivity contribution in [1.82, 2.24) is 0 Å². The van der Waals surface area contributed by atoms with E-state index in [9.17, 15) is 4.39 Å². The molecule has 0 aliphatic carbocycles. The molecule has 11 heavy (non-hydrogen) atoms. The van der Waals surface area contributed by atoms with E-state index in [-0.39, 0.29) is 0 Å². The average molecular weight is 156 g/mol. The Bertz CT molecular complexity index is 171. The molecule has 0 amide bonds. The molecule has 0 N–H and O–H groups in total. The molecule has 64 valence electrons. The van der Waals surface area contributed by atoms with Crippen molar-refractivity contribution in [3.63, 3.8) is 0 Å². The highest BCUT2D eigenvalue weighted by atomic mass is 19.1. The van der Waals surface area contributed by atoms with Crippen LogP contribution in [0.4, 0.5) is 4.39 Å². The highest BCUT2D eigenvalue weighted by Gasteiger charge is 2.07. The zero-order chi connectivity index (χ0) is 9.02. The maximum absolute atomic E-state index is 12.9. The van der Waals surface area contributed by atoms with Crippen molar-refractivity contribution < 1.29 is 4.39 Å². The summed E-state index contributed by atoms with van der Waals surface area (Å²) in [4.78, 5) is 0. The predicted octanol–water partition coefficient (Wildman–Crippen LogP) is 3.65. The lowest BCUT2D eigenvalue weighted by Gasteiger charge is -2.10. The van der Waals surface area contributed by atoms with Crippen LogP contribution in [-0.4, -0.2) is 6.17 Å².